The summed E-state index contributed by atoms with van der Waals surface area (Å²) in [4.78, 5) is 10.6. The van der Waals surface area contributed by atoms with Crippen LogP contribution in [0, 0.1) is 0 Å². The number of phenolic OH excluding ortho intramolecular Hbond substituents is 1. The number of ketones is 1. The maximum Gasteiger partial charge on any atom is 0.147 e. The van der Waals surface area contributed by atoms with Crippen LogP contribution < -0.4 is 0 Å². The Labute approximate surface area is 89.7 Å². The van der Waals surface area contributed by atoms with Gasteiger partial charge in [-0.3, -0.25) is 4.79 Å². The second-order valence-electron chi connectivity index (χ2n) is 2.68. The fourth-order valence-electron chi connectivity index (χ4n) is 0.944. The predicted octanol–water partition coefficient (Wildman–Crippen LogP) is 3.07. The number of rotatable bonds is 2. The summed E-state index contributed by atoms with van der Waals surface area (Å²) in [5.74, 6) is 0.0533. The molecule has 0 saturated carbocycles. The molecule has 0 fully saturated rings. The van der Waals surface area contributed by atoms with Gasteiger partial charge in [-0.05, 0) is 30.7 Å². The van der Waals surface area contributed by atoms with Crippen LogP contribution in [-0.4, -0.2) is 10.9 Å². The highest BCUT2D eigenvalue weighted by Gasteiger charge is 2.16. The Kier molecular flexibility index (Phi) is 3.33. The molecule has 0 heterocycles. The van der Waals surface area contributed by atoms with Crippen molar-refractivity contribution >= 4 is 33.3 Å². The van der Waals surface area contributed by atoms with Crippen molar-refractivity contribution in [3.63, 3.8) is 0 Å². The molecular weight excluding hydrogens is 255 g/mol. The minimum atomic E-state index is -0.452. The van der Waals surface area contributed by atoms with Crippen molar-refractivity contribution in [1.82, 2.24) is 0 Å². The minimum absolute atomic E-state index is 0.0486. The van der Waals surface area contributed by atoms with Gasteiger partial charge in [0.05, 0.1) is 4.83 Å². The topological polar surface area (TPSA) is 37.3 Å². The highest BCUT2D eigenvalue weighted by molar-refractivity contribution is 9.09. The molecule has 1 atom stereocenters. The monoisotopic (exact) mass is 262 g/mol. The predicted molar refractivity (Wildman–Crippen MR) is 55.5 cm³/mol. The molecule has 0 aliphatic carbocycles. The van der Waals surface area contributed by atoms with Crippen LogP contribution in [0.2, 0.25) is 5.02 Å². The van der Waals surface area contributed by atoms with E-state index in [1.165, 1.54) is 19.1 Å². The Bertz CT molecular complexity index is 338. The molecule has 2 nitrogen and oxygen atoms in total. The lowest BCUT2D eigenvalue weighted by Crippen LogP contribution is -2.01. The lowest BCUT2D eigenvalue weighted by Gasteiger charge is -2.08. The first-order valence-corrected chi connectivity index (χ1v) is 4.94. The van der Waals surface area contributed by atoms with E-state index >= 15 is 0 Å². The van der Waals surface area contributed by atoms with Crippen LogP contribution in [-0.2, 0) is 4.79 Å². The average Bonchev–Trinajstić information content (AvgIpc) is 2.08. The largest absolute Gasteiger partial charge is 0.508 e. The molecule has 1 N–H and O–H groups in total. The second kappa shape index (κ2) is 4.11. The van der Waals surface area contributed by atoms with Crippen molar-refractivity contribution in [1.29, 1.82) is 0 Å². The van der Waals surface area contributed by atoms with Crippen LogP contribution >= 0.6 is 27.5 Å². The fourth-order valence-corrected chi connectivity index (χ4v) is 1.68. The molecule has 13 heavy (non-hydrogen) atoms. The molecular formula is C9H8BrClO2. The van der Waals surface area contributed by atoms with Crippen molar-refractivity contribution in [2.45, 2.75) is 11.8 Å². The van der Waals surface area contributed by atoms with E-state index in [0.717, 1.165) is 0 Å². The van der Waals surface area contributed by atoms with Crippen molar-refractivity contribution in [2.24, 2.45) is 0 Å². The number of benzene rings is 1. The number of hydrogen-bond acceptors (Lipinski definition) is 2. The summed E-state index contributed by atoms with van der Waals surface area (Å²) in [6.07, 6.45) is 0. The maximum absolute atomic E-state index is 11.0. The third-order valence-electron chi connectivity index (χ3n) is 1.61. The Morgan fingerprint density at radius 1 is 1.62 bits per heavy atom. The van der Waals surface area contributed by atoms with Crippen LogP contribution in [0.4, 0.5) is 0 Å². The molecule has 4 heteroatoms. The Balaban J connectivity index is 3.12. The quantitative estimate of drug-likeness (QED) is 0.833. The van der Waals surface area contributed by atoms with Gasteiger partial charge in [0.1, 0.15) is 11.5 Å². The normalized spacial score (nSPS) is 12.5. The number of carbonyl (C=O) groups is 1. The molecule has 1 aromatic carbocycles. The second-order valence-corrected chi connectivity index (χ2v) is 4.00. The first-order valence-electron chi connectivity index (χ1n) is 3.65. The number of aromatic hydroxyl groups is 1. The van der Waals surface area contributed by atoms with Gasteiger partial charge in [0.2, 0.25) is 0 Å². The summed E-state index contributed by atoms with van der Waals surface area (Å²) in [7, 11) is 0. The highest BCUT2D eigenvalue weighted by Crippen LogP contribution is 2.32. The van der Waals surface area contributed by atoms with Crippen LogP contribution in [0.5, 0.6) is 5.75 Å². The average molecular weight is 264 g/mol. The molecule has 0 radical (unpaired) electrons. The number of phenols is 1. The van der Waals surface area contributed by atoms with E-state index in [-0.39, 0.29) is 11.5 Å². The molecule has 0 saturated heterocycles. The smallest absolute Gasteiger partial charge is 0.147 e. The van der Waals surface area contributed by atoms with Gasteiger partial charge in [-0.25, -0.2) is 0 Å². The first-order chi connectivity index (χ1) is 6.02. The molecule has 0 spiro atoms. The van der Waals surface area contributed by atoms with E-state index in [0.29, 0.717) is 10.6 Å². The minimum Gasteiger partial charge on any atom is -0.508 e. The van der Waals surface area contributed by atoms with E-state index in [2.05, 4.69) is 15.9 Å². The molecule has 1 rings (SSSR count). The van der Waals surface area contributed by atoms with Crippen molar-refractivity contribution in [3.05, 3.63) is 28.8 Å². The standard InChI is InChI=1S/C9H8BrClO2/c1-5(12)9(10)7-4-6(13)2-3-8(7)11/h2-4,9,13H,1H3. The van der Waals surface area contributed by atoms with E-state index in [4.69, 9.17) is 11.6 Å². The Hall–Kier alpha value is -0.540. The third kappa shape index (κ3) is 2.45. The van der Waals surface area contributed by atoms with Gasteiger partial charge >= 0.3 is 0 Å². The molecule has 70 valence electrons. The lowest BCUT2D eigenvalue weighted by molar-refractivity contribution is -0.116. The Morgan fingerprint density at radius 3 is 2.77 bits per heavy atom. The number of carbonyl (C=O) groups excluding carboxylic acids is 1. The van der Waals surface area contributed by atoms with Gasteiger partial charge in [-0.2, -0.15) is 0 Å². The SMILES string of the molecule is CC(=O)C(Br)c1cc(O)ccc1Cl. The van der Waals surface area contributed by atoms with Crippen LogP contribution in [0.3, 0.4) is 0 Å². The van der Waals surface area contributed by atoms with E-state index in [1.807, 2.05) is 0 Å². The zero-order chi connectivity index (χ0) is 10.0. The number of halogens is 2. The first kappa shape index (κ1) is 10.5. The van der Waals surface area contributed by atoms with Crippen molar-refractivity contribution in [3.8, 4) is 5.75 Å². The van der Waals surface area contributed by atoms with Gasteiger partial charge < -0.3 is 5.11 Å². The van der Waals surface area contributed by atoms with Crippen molar-refractivity contribution in [2.75, 3.05) is 0 Å². The molecule has 0 aliphatic heterocycles. The fraction of sp³-hybridized carbons (Fsp3) is 0.222. The molecule has 0 bridgehead atoms. The van der Waals surface area contributed by atoms with E-state index in [9.17, 15) is 9.90 Å². The number of Topliss-reactive ketones (excluding diaryl/α,β-unsaturated/α-hetero) is 1. The van der Waals surface area contributed by atoms with E-state index < -0.39 is 4.83 Å². The van der Waals surface area contributed by atoms with Crippen LogP contribution in [0.15, 0.2) is 18.2 Å². The van der Waals surface area contributed by atoms with E-state index in [1.54, 1.807) is 6.07 Å². The summed E-state index contributed by atoms with van der Waals surface area (Å²) >= 11 is 9.03. The zero-order valence-corrected chi connectivity index (χ0v) is 9.26. The molecule has 0 amide bonds. The Morgan fingerprint density at radius 2 is 2.23 bits per heavy atom. The summed E-state index contributed by atoms with van der Waals surface area (Å²) in [6.45, 7) is 1.46. The summed E-state index contributed by atoms with van der Waals surface area (Å²) in [5, 5.41) is 9.64. The van der Waals surface area contributed by atoms with Gasteiger partial charge in [0, 0.05) is 5.02 Å². The molecule has 0 aliphatic rings. The maximum atomic E-state index is 11.0. The summed E-state index contributed by atoms with van der Waals surface area (Å²) in [6, 6.07) is 4.51. The molecule has 1 aromatic rings. The molecule has 0 aromatic heterocycles. The zero-order valence-electron chi connectivity index (χ0n) is 6.92. The van der Waals surface area contributed by atoms with Gasteiger partial charge in [-0.1, -0.05) is 27.5 Å². The summed E-state index contributed by atoms with van der Waals surface area (Å²) < 4.78 is 0. The number of alkyl halides is 1. The van der Waals surface area contributed by atoms with Crippen LogP contribution in [0.25, 0.3) is 0 Å². The van der Waals surface area contributed by atoms with Crippen molar-refractivity contribution < 1.29 is 9.90 Å². The van der Waals surface area contributed by atoms with Gasteiger partial charge in [0.15, 0.2) is 0 Å². The third-order valence-corrected chi connectivity index (χ3v) is 3.09. The lowest BCUT2D eigenvalue weighted by atomic mass is 10.1. The van der Waals surface area contributed by atoms with Gasteiger partial charge in [-0.15, -0.1) is 0 Å². The number of hydrogen-bond donors (Lipinski definition) is 1. The molecule has 1 unspecified atom stereocenters. The highest BCUT2D eigenvalue weighted by atomic mass is 79.9. The summed E-state index contributed by atoms with van der Waals surface area (Å²) in [5.41, 5.74) is 0.592. The van der Waals surface area contributed by atoms with Gasteiger partial charge in [0.25, 0.3) is 0 Å². The van der Waals surface area contributed by atoms with Crippen LogP contribution in [0.1, 0.15) is 17.3 Å².